The average molecular weight is 323 g/mol. The molecule has 0 saturated heterocycles. The second-order valence-corrected chi connectivity index (χ2v) is 5.72. The fraction of sp³-hybridized carbons (Fsp3) is 0.188. The summed E-state index contributed by atoms with van der Waals surface area (Å²) in [5.41, 5.74) is 7.78. The Bertz CT molecular complexity index is 973. The first kappa shape index (κ1) is 14.3. The Morgan fingerprint density at radius 2 is 2.04 bits per heavy atom. The molecule has 4 N–H and O–H groups in total. The molecule has 1 aromatic carbocycles. The number of aromatic nitrogens is 4. The van der Waals surface area contributed by atoms with Crippen LogP contribution < -0.4 is 16.7 Å². The van der Waals surface area contributed by atoms with Crippen molar-refractivity contribution in [2.45, 2.75) is 12.7 Å². The molecule has 0 amide bonds. The van der Waals surface area contributed by atoms with Crippen LogP contribution in [-0.2, 0) is 6.54 Å². The highest BCUT2D eigenvalue weighted by atomic mass is 16.1. The van der Waals surface area contributed by atoms with Gasteiger partial charge in [-0.1, -0.05) is 30.3 Å². The van der Waals surface area contributed by atoms with Gasteiger partial charge in [-0.25, -0.2) is 14.8 Å². The van der Waals surface area contributed by atoms with Gasteiger partial charge in [0.25, 0.3) is 0 Å². The molecule has 0 saturated carbocycles. The van der Waals surface area contributed by atoms with Crippen LogP contribution >= 0.6 is 0 Å². The molecule has 4 rings (SSSR count). The van der Waals surface area contributed by atoms with Crippen molar-refractivity contribution in [3.05, 3.63) is 64.6 Å². The lowest BCUT2D eigenvalue weighted by Crippen LogP contribution is -2.26. The number of nitrogens with zero attached hydrogens (tertiary/aromatic N) is 4. The van der Waals surface area contributed by atoms with Crippen molar-refractivity contribution in [1.82, 2.24) is 29.7 Å². The number of H-pyrrole nitrogens is 1. The summed E-state index contributed by atoms with van der Waals surface area (Å²) in [7, 11) is 1.92. The summed E-state index contributed by atoms with van der Waals surface area (Å²) in [5, 5.41) is 3.16. The SMILES string of the molecule is CN1C=CNC1c1nc(N)c2[nH]c(=O)n(Cc3ccccc3)c2n1. The smallest absolute Gasteiger partial charge is 0.328 e. The molecule has 8 nitrogen and oxygen atoms in total. The lowest BCUT2D eigenvalue weighted by molar-refractivity contribution is 0.326. The van der Waals surface area contributed by atoms with Gasteiger partial charge in [-0.05, 0) is 5.56 Å². The number of nitrogens with one attached hydrogen (secondary N) is 2. The van der Waals surface area contributed by atoms with Gasteiger partial charge < -0.3 is 20.9 Å². The predicted octanol–water partition coefficient (Wildman–Crippen LogP) is 0.755. The van der Waals surface area contributed by atoms with Crippen LogP contribution in [-0.4, -0.2) is 31.5 Å². The summed E-state index contributed by atoms with van der Waals surface area (Å²) >= 11 is 0. The van der Waals surface area contributed by atoms with Gasteiger partial charge in [-0.15, -0.1) is 0 Å². The number of nitrogens with two attached hydrogens (primary N) is 1. The summed E-state index contributed by atoms with van der Waals surface area (Å²) in [5.74, 6) is 0.786. The molecule has 8 heteroatoms. The first-order valence-electron chi connectivity index (χ1n) is 7.58. The van der Waals surface area contributed by atoms with E-state index in [1.165, 1.54) is 0 Å². The molecule has 1 unspecified atom stereocenters. The molecule has 0 fully saturated rings. The molecule has 1 aliphatic rings. The van der Waals surface area contributed by atoms with E-state index >= 15 is 0 Å². The number of fused-ring (bicyclic) bond motifs is 1. The minimum Gasteiger partial charge on any atom is -0.382 e. The van der Waals surface area contributed by atoms with Crippen LogP contribution in [0.1, 0.15) is 17.6 Å². The molecule has 0 aliphatic carbocycles. The second kappa shape index (κ2) is 5.41. The highest BCUT2D eigenvalue weighted by Crippen LogP contribution is 2.22. The van der Waals surface area contributed by atoms with Crippen molar-refractivity contribution >= 4 is 17.0 Å². The first-order chi connectivity index (χ1) is 11.6. The third-order valence-electron chi connectivity index (χ3n) is 4.07. The second-order valence-electron chi connectivity index (χ2n) is 5.72. The molecule has 2 aromatic heterocycles. The number of hydrogen-bond acceptors (Lipinski definition) is 6. The van der Waals surface area contributed by atoms with Gasteiger partial charge in [0, 0.05) is 19.4 Å². The number of benzene rings is 1. The molecule has 1 aliphatic heterocycles. The van der Waals surface area contributed by atoms with Crippen molar-refractivity contribution in [3.63, 3.8) is 0 Å². The van der Waals surface area contributed by atoms with Crippen LogP contribution in [0.2, 0.25) is 0 Å². The Morgan fingerprint density at radius 3 is 2.75 bits per heavy atom. The fourth-order valence-electron chi connectivity index (χ4n) is 2.82. The minimum absolute atomic E-state index is 0.202. The molecule has 0 radical (unpaired) electrons. The van der Waals surface area contributed by atoms with Crippen LogP contribution in [0.25, 0.3) is 11.2 Å². The van der Waals surface area contributed by atoms with E-state index in [4.69, 9.17) is 5.73 Å². The van der Waals surface area contributed by atoms with Gasteiger partial charge in [0.1, 0.15) is 5.52 Å². The monoisotopic (exact) mass is 323 g/mol. The third-order valence-corrected chi connectivity index (χ3v) is 4.07. The Morgan fingerprint density at radius 1 is 1.25 bits per heavy atom. The summed E-state index contributed by atoms with van der Waals surface area (Å²) < 4.78 is 1.58. The molecule has 122 valence electrons. The number of imidazole rings is 1. The zero-order chi connectivity index (χ0) is 16.7. The van der Waals surface area contributed by atoms with Gasteiger partial charge in [0.15, 0.2) is 23.5 Å². The number of anilines is 1. The van der Waals surface area contributed by atoms with Crippen LogP contribution in [0.3, 0.4) is 0 Å². The van der Waals surface area contributed by atoms with Crippen molar-refractivity contribution < 1.29 is 0 Å². The van der Waals surface area contributed by atoms with E-state index in [1.54, 1.807) is 4.57 Å². The van der Waals surface area contributed by atoms with E-state index in [0.29, 0.717) is 23.5 Å². The van der Waals surface area contributed by atoms with Crippen LogP contribution in [0.4, 0.5) is 5.82 Å². The molecule has 1 atom stereocenters. The van der Waals surface area contributed by atoms with Gasteiger partial charge >= 0.3 is 5.69 Å². The predicted molar refractivity (Wildman–Crippen MR) is 90.9 cm³/mol. The summed E-state index contributed by atoms with van der Waals surface area (Å²) in [6, 6.07) is 9.74. The quantitative estimate of drug-likeness (QED) is 0.657. The Balaban J connectivity index is 1.83. The van der Waals surface area contributed by atoms with E-state index in [-0.39, 0.29) is 17.7 Å². The minimum atomic E-state index is -0.252. The lowest BCUT2D eigenvalue weighted by atomic mass is 10.2. The Labute approximate surface area is 137 Å². The molecule has 0 bridgehead atoms. The largest absolute Gasteiger partial charge is 0.382 e. The topological polar surface area (TPSA) is 105 Å². The Kier molecular flexibility index (Phi) is 3.23. The third kappa shape index (κ3) is 2.28. The normalized spacial score (nSPS) is 16.7. The van der Waals surface area contributed by atoms with Gasteiger partial charge in [0.2, 0.25) is 0 Å². The summed E-state index contributed by atoms with van der Waals surface area (Å²) in [6.45, 7) is 0.418. The number of hydrogen-bond donors (Lipinski definition) is 3. The number of rotatable bonds is 3. The number of aromatic amines is 1. The average Bonchev–Trinajstić information content (AvgIpc) is 3.13. The highest BCUT2D eigenvalue weighted by molar-refractivity contribution is 5.81. The maximum atomic E-state index is 12.3. The number of nitrogen functional groups attached to an aromatic ring is 1. The summed E-state index contributed by atoms with van der Waals surface area (Å²) in [4.78, 5) is 25.9. The maximum Gasteiger partial charge on any atom is 0.328 e. The van der Waals surface area contributed by atoms with Gasteiger partial charge in [0.05, 0.1) is 6.54 Å². The van der Waals surface area contributed by atoms with Gasteiger partial charge in [-0.3, -0.25) is 4.57 Å². The van der Waals surface area contributed by atoms with Gasteiger partial charge in [-0.2, -0.15) is 0 Å². The van der Waals surface area contributed by atoms with E-state index in [9.17, 15) is 4.79 Å². The standard InChI is InChI=1S/C16H17N7O/c1-22-8-7-18-15(22)13-20-12(17)11-14(21-13)23(16(24)19-11)9-10-5-3-2-4-6-10/h2-8,15,18H,9H2,1H3,(H,19,24)(H2,17,20,21). The highest BCUT2D eigenvalue weighted by Gasteiger charge is 2.23. The molecule has 24 heavy (non-hydrogen) atoms. The van der Waals surface area contributed by atoms with E-state index in [2.05, 4.69) is 20.3 Å². The maximum absolute atomic E-state index is 12.3. The first-order valence-corrected chi connectivity index (χ1v) is 7.58. The molecular weight excluding hydrogens is 306 g/mol. The molecule has 3 aromatic rings. The van der Waals surface area contributed by atoms with E-state index < -0.39 is 0 Å². The molecular formula is C16H17N7O. The van der Waals surface area contributed by atoms with Crippen molar-refractivity contribution in [2.75, 3.05) is 12.8 Å². The fourth-order valence-corrected chi connectivity index (χ4v) is 2.82. The molecule has 3 heterocycles. The lowest BCUT2D eigenvalue weighted by Gasteiger charge is -2.19. The van der Waals surface area contributed by atoms with E-state index in [1.807, 2.05) is 54.7 Å². The zero-order valence-corrected chi connectivity index (χ0v) is 13.1. The van der Waals surface area contributed by atoms with Crippen LogP contribution in [0.15, 0.2) is 47.5 Å². The molecule has 0 spiro atoms. The van der Waals surface area contributed by atoms with Crippen LogP contribution in [0.5, 0.6) is 0 Å². The van der Waals surface area contributed by atoms with Crippen LogP contribution in [0, 0.1) is 0 Å². The zero-order valence-electron chi connectivity index (χ0n) is 13.1. The summed E-state index contributed by atoms with van der Waals surface area (Å²) in [6.07, 6.45) is 3.51. The van der Waals surface area contributed by atoms with E-state index in [0.717, 1.165) is 5.56 Å². The van der Waals surface area contributed by atoms with Crippen molar-refractivity contribution in [3.8, 4) is 0 Å². The Hall–Kier alpha value is -3.29. The van der Waals surface area contributed by atoms with Crippen molar-refractivity contribution in [2.24, 2.45) is 0 Å². The van der Waals surface area contributed by atoms with Crippen molar-refractivity contribution in [1.29, 1.82) is 0 Å².